The van der Waals surface area contributed by atoms with Gasteiger partial charge in [-0.25, -0.2) is 0 Å². The molecule has 12 heavy (non-hydrogen) atoms. The zero-order valence-electron chi connectivity index (χ0n) is 7.94. The standard InChI is InChI=1S/C11H15N/c1-7-5-6-8(2)11(9(7)3)10(4)12/h5-6H,4,12H2,1-3H3. The Morgan fingerprint density at radius 2 is 1.67 bits per heavy atom. The second kappa shape index (κ2) is 3.02. The van der Waals surface area contributed by atoms with Gasteiger partial charge in [0.15, 0.2) is 0 Å². The summed E-state index contributed by atoms with van der Waals surface area (Å²) in [5.74, 6) is 0. The van der Waals surface area contributed by atoms with E-state index < -0.39 is 0 Å². The summed E-state index contributed by atoms with van der Waals surface area (Å²) in [6.45, 7) is 9.98. The van der Waals surface area contributed by atoms with Crippen molar-refractivity contribution in [3.05, 3.63) is 41.0 Å². The molecule has 0 saturated heterocycles. The fourth-order valence-corrected chi connectivity index (χ4v) is 1.45. The molecule has 1 rings (SSSR count). The summed E-state index contributed by atoms with van der Waals surface area (Å²) in [5, 5.41) is 0. The molecule has 2 N–H and O–H groups in total. The van der Waals surface area contributed by atoms with Gasteiger partial charge in [-0.1, -0.05) is 18.7 Å². The average Bonchev–Trinajstić information content (AvgIpc) is 1.97. The number of aryl methyl sites for hydroxylation is 2. The average molecular weight is 161 g/mol. The van der Waals surface area contributed by atoms with Gasteiger partial charge in [0.2, 0.25) is 0 Å². The topological polar surface area (TPSA) is 26.0 Å². The van der Waals surface area contributed by atoms with Crippen LogP contribution < -0.4 is 5.73 Å². The van der Waals surface area contributed by atoms with Gasteiger partial charge in [0.1, 0.15) is 0 Å². The first kappa shape index (κ1) is 8.85. The van der Waals surface area contributed by atoms with Gasteiger partial charge < -0.3 is 5.73 Å². The van der Waals surface area contributed by atoms with Crippen molar-refractivity contribution in [2.45, 2.75) is 20.8 Å². The quantitative estimate of drug-likeness (QED) is 0.673. The maximum atomic E-state index is 5.69. The Hall–Kier alpha value is -1.24. The fourth-order valence-electron chi connectivity index (χ4n) is 1.45. The van der Waals surface area contributed by atoms with Crippen molar-refractivity contribution in [2.75, 3.05) is 0 Å². The van der Waals surface area contributed by atoms with Gasteiger partial charge in [0.05, 0.1) is 0 Å². The maximum absolute atomic E-state index is 5.69. The van der Waals surface area contributed by atoms with Crippen molar-refractivity contribution in [2.24, 2.45) is 5.73 Å². The summed E-state index contributed by atoms with van der Waals surface area (Å²) in [4.78, 5) is 0. The first-order valence-corrected chi connectivity index (χ1v) is 4.05. The minimum Gasteiger partial charge on any atom is -0.399 e. The molecule has 0 aliphatic carbocycles. The van der Waals surface area contributed by atoms with Crippen LogP contribution in [-0.2, 0) is 0 Å². The number of hydrogen-bond donors (Lipinski definition) is 1. The van der Waals surface area contributed by atoms with Crippen LogP contribution in [0.5, 0.6) is 0 Å². The summed E-state index contributed by atoms with van der Waals surface area (Å²) in [5.41, 5.74) is 11.2. The molecule has 0 saturated carbocycles. The van der Waals surface area contributed by atoms with Crippen molar-refractivity contribution >= 4 is 5.70 Å². The molecule has 0 aromatic heterocycles. The second-order valence-corrected chi connectivity index (χ2v) is 3.22. The molecule has 64 valence electrons. The Bertz CT molecular complexity index is 324. The van der Waals surface area contributed by atoms with Gasteiger partial charge >= 0.3 is 0 Å². The highest BCUT2D eigenvalue weighted by Crippen LogP contribution is 2.21. The number of hydrogen-bond acceptors (Lipinski definition) is 1. The van der Waals surface area contributed by atoms with Crippen LogP contribution in [0.2, 0.25) is 0 Å². The Kier molecular flexibility index (Phi) is 2.22. The Morgan fingerprint density at radius 1 is 1.17 bits per heavy atom. The highest BCUT2D eigenvalue weighted by atomic mass is 14.6. The van der Waals surface area contributed by atoms with E-state index in [1.165, 1.54) is 16.7 Å². The maximum Gasteiger partial charge on any atom is 0.0320 e. The molecule has 0 heterocycles. The molecule has 1 aromatic rings. The first-order valence-electron chi connectivity index (χ1n) is 4.05. The lowest BCUT2D eigenvalue weighted by Crippen LogP contribution is -2.01. The van der Waals surface area contributed by atoms with Gasteiger partial charge in [0, 0.05) is 11.3 Å². The molecule has 0 aliphatic heterocycles. The van der Waals surface area contributed by atoms with Gasteiger partial charge in [-0.15, -0.1) is 0 Å². The lowest BCUT2D eigenvalue weighted by molar-refractivity contribution is 1.26. The molecule has 0 atom stereocenters. The van der Waals surface area contributed by atoms with E-state index >= 15 is 0 Å². The van der Waals surface area contributed by atoms with Gasteiger partial charge in [-0.3, -0.25) is 0 Å². The van der Waals surface area contributed by atoms with Crippen molar-refractivity contribution in [3.8, 4) is 0 Å². The molecule has 0 unspecified atom stereocenters. The molecular formula is C11H15N. The van der Waals surface area contributed by atoms with E-state index in [0.29, 0.717) is 5.70 Å². The summed E-state index contributed by atoms with van der Waals surface area (Å²) >= 11 is 0. The van der Waals surface area contributed by atoms with Crippen molar-refractivity contribution in [1.29, 1.82) is 0 Å². The molecule has 0 radical (unpaired) electrons. The van der Waals surface area contributed by atoms with E-state index in [9.17, 15) is 0 Å². The van der Waals surface area contributed by atoms with Crippen molar-refractivity contribution in [1.82, 2.24) is 0 Å². The Labute approximate surface area is 73.9 Å². The minimum atomic E-state index is 0.661. The van der Waals surface area contributed by atoms with Crippen molar-refractivity contribution < 1.29 is 0 Å². The van der Waals surface area contributed by atoms with E-state index in [2.05, 4.69) is 39.5 Å². The lowest BCUT2D eigenvalue weighted by Gasteiger charge is -2.11. The monoisotopic (exact) mass is 161 g/mol. The van der Waals surface area contributed by atoms with E-state index in [-0.39, 0.29) is 0 Å². The molecule has 0 spiro atoms. The zero-order valence-corrected chi connectivity index (χ0v) is 7.94. The van der Waals surface area contributed by atoms with Crippen LogP contribution in [0, 0.1) is 20.8 Å². The lowest BCUT2D eigenvalue weighted by atomic mass is 9.97. The normalized spacial score (nSPS) is 9.92. The summed E-state index contributed by atoms with van der Waals surface area (Å²) in [6, 6.07) is 4.19. The van der Waals surface area contributed by atoms with Crippen LogP contribution in [0.3, 0.4) is 0 Å². The molecule has 1 nitrogen and oxygen atoms in total. The largest absolute Gasteiger partial charge is 0.399 e. The third-order valence-corrected chi connectivity index (χ3v) is 2.27. The smallest absolute Gasteiger partial charge is 0.0320 e. The first-order chi connectivity index (χ1) is 5.54. The molecule has 0 aliphatic rings. The molecule has 1 heteroatoms. The van der Waals surface area contributed by atoms with Crippen molar-refractivity contribution in [3.63, 3.8) is 0 Å². The van der Waals surface area contributed by atoms with Crippen LogP contribution in [-0.4, -0.2) is 0 Å². The number of nitrogens with two attached hydrogens (primary N) is 1. The van der Waals surface area contributed by atoms with Crippen LogP contribution in [0.25, 0.3) is 5.70 Å². The zero-order chi connectivity index (χ0) is 9.30. The molecule has 1 aromatic carbocycles. The van der Waals surface area contributed by atoms with Gasteiger partial charge in [-0.05, 0) is 37.5 Å². The third kappa shape index (κ3) is 1.35. The van der Waals surface area contributed by atoms with E-state index in [0.717, 1.165) is 5.56 Å². The summed E-state index contributed by atoms with van der Waals surface area (Å²) in [6.07, 6.45) is 0. The summed E-state index contributed by atoms with van der Waals surface area (Å²) in [7, 11) is 0. The second-order valence-electron chi connectivity index (χ2n) is 3.22. The fraction of sp³-hybridized carbons (Fsp3) is 0.273. The number of rotatable bonds is 1. The van der Waals surface area contributed by atoms with Gasteiger partial charge in [-0.2, -0.15) is 0 Å². The van der Waals surface area contributed by atoms with Crippen LogP contribution in [0.15, 0.2) is 18.7 Å². The molecule has 0 bridgehead atoms. The molecule has 0 fully saturated rings. The van der Waals surface area contributed by atoms with Gasteiger partial charge in [0.25, 0.3) is 0 Å². The molecular weight excluding hydrogens is 146 g/mol. The Balaban J connectivity index is 3.43. The number of benzene rings is 1. The van der Waals surface area contributed by atoms with E-state index in [4.69, 9.17) is 5.73 Å². The SMILES string of the molecule is C=C(N)c1c(C)ccc(C)c1C. The third-order valence-electron chi connectivity index (χ3n) is 2.27. The minimum absolute atomic E-state index is 0.661. The van der Waals surface area contributed by atoms with Crippen LogP contribution in [0.1, 0.15) is 22.3 Å². The summed E-state index contributed by atoms with van der Waals surface area (Å²) < 4.78 is 0. The van der Waals surface area contributed by atoms with E-state index in [1.54, 1.807) is 0 Å². The predicted octanol–water partition coefficient (Wildman–Crippen LogP) is 2.54. The highest BCUT2D eigenvalue weighted by molar-refractivity contribution is 5.67. The molecule has 0 amide bonds. The van der Waals surface area contributed by atoms with Crippen LogP contribution >= 0.6 is 0 Å². The van der Waals surface area contributed by atoms with E-state index in [1.807, 2.05) is 0 Å². The van der Waals surface area contributed by atoms with Crippen LogP contribution in [0.4, 0.5) is 0 Å². The highest BCUT2D eigenvalue weighted by Gasteiger charge is 2.04. The Morgan fingerprint density at radius 3 is 2.08 bits per heavy atom. The predicted molar refractivity (Wildman–Crippen MR) is 53.9 cm³/mol.